The number of carbonyl (C=O) groups is 1. The number of para-hydroxylation sites is 1. The second kappa shape index (κ2) is 10.8. The summed E-state index contributed by atoms with van der Waals surface area (Å²) in [7, 11) is 2.14. The number of aryl methyl sites for hydroxylation is 1. The Morgan fingerprint density at radius 3 is 2.53 bits per heavy atom. The van der Waals surface area contributed by atoms with E-state index in [1.54, 1.807) is 24.3 Å². The molecule has 4 rings (SSSR count). The molecule has 1 aromatic heterocycles. The summed E-state index contributed by atoms with van der Waals surface area (Å²) < 4.78 is 0. The van der Waals surface area contributed by atoms with E-state index in [2.05, 4.69) is 62.6 Å². The van der Waals surface area contributed by atoms with Gasteiger partial charge in [0.15, 0.2) is 5.82 Å². The third-order valence-electron chi connectivity index (χ3n) is 5.65. The van der Waals surface area contributed by atoms with Crippen molar-refractivity contribution in [1.82, 2.24) is 14.9 Å². The van der Waals surface area contributed by atoms with Crippen LogP contribution in [0.2, 0.25) is 0 Å². The minimum absolute atomic E-state index is 0. The molecule has 0 atom stereocenters. The molecule has 2 aromatic carbocycles. The lowest BCUT2D eigenvalue weighted by Crippen LogP contribution is -2.44. The number of benzene rings is 2. The summed E-state index contributed by atoms with van der Waals surface area (Å²) in [5.74, 6) is 0.0502. The van der Waals surface area contributed by atoms with Crippen LogP contribution in [0.25, 0.3) is 0 Å². The highest BCUT2D eigenvalue weighted by atomic mass is 35.5. The predicted octanol–water partition coefficient (Wildman–Crippen LogP) is 3.42. The first-order valence-electron chi connectivity index (χ1n) is 10.7. The number of primary amides is 1. The zero-order valence-corrected chi connectivity index (χ0v) is 19.9. The Morgan fingerprint density at radius 1 is 1.12 bits per heavy atom. The van der Waals surface area contributed by atoms with Gasteiger partial charge in [0.05, 0.1) is 17.4 Å². The predicted molar refractivity (Wildman–Crippen MR) is 136 cm³/mol. The van der Waals surface area contributed by atoms with Gasteiger partial charge in [-0.15, -0.1) is 12.4 Å². The van der Waals surface area contributed by atoms with Gasteiger partial charge >= 0.3 is 0 Å². The Hall–Kier alpha value is -3.87. The summed E-state index contributed by atoms with van der Waals surface area (Å²) >= 11 is 0. The Bertz CT molecular complexity index is 1220. The van der Waals surface area contributed by atoms with Crippen LogP contribution in [0.4, 0.5) is 28.8 Å². The average Bonchev–Trinajstić information content (AvgIpc) is 2.80. The molecule has 1 aliphatic rings. The maximum absolute atomic E-state index is 11.7. The van der Waals surface area contributed by atoms with Crippen molar-refractivity contribution >= 4 is 47.1 Å². The number of halogens is 1. The number of carbonyl (C=O) groups excluding carboxylic acids is 1. The van der Waals surface area contributed by atoms with Crippen molar-refractivity contribution in [3.05, 3.63) is 65.4 Å². The molecule has 0 unspecified atom stereocenters. The number of nitriles is 1. The average molecular weight is 479 g/mol. The number of nitrogens with zero attached hydrogens (tertiary/aromatic N) is 5. The van der Waals surface area contributed by atoms with E-state index < -0.39 is 5.91 Å². The molecule has 9 nitrogen and oxygen atoms in total. The lowest BCUT2D eigenvalue weighted by Gasteiger charge is -2.35. The third-order valence-corrected chi connectivity index (χ3v) is 5.65. The molecule has 1 aliphatic heterocycles. The quantitative estimate of drug-likeness (QED) is 0.492. The summed E-state index contributed by atoms with van der Waals surface area (Å²) in [6.45, 7) is 6.20. The number of anilines is 5. The third kappa shape index (κ3) is 5.54. The van der Waals surface area contributed by atoms with Crippen LogP contribution in [0.1, 0.15) is 21.5 Å². The van der Waals surface area contributed by atoms with Crippen molar-refractivity contribution in [1.29, 1.82) is 5.26 Å². The minimum atomic E-state index is -0.570. The van der Waals surface area contributed by atoms with Gasteiger partial charge in [-0.1, -0.05) is 12.1 Å². The first-order chi connectivity index (χ1) is 15.9. The largest absolute Gasteiger partial charge is 0.369 e. The summed E-state index contributed by atoms with van der Waals surface area (Å²) in [6.07, 6.45) is 1.44. The van der Waals surface area contributed by atoms with E-state index in [-0.39, 0.29) is 23.8 Å². The molecule has 34 heavy (non-hydrogen) atoms. The summed E-state index contributed by atoms with van der Waals surface area (Å²) in [6, 6.07) is 15.0. The maximum atomic E-state index is 11.7. The van der Waals surface area contributed by atoms with Gasteiger partial charge < -0.3 is 26.2 Å². The first kappa shape index (κ1) is 24.8. The van der Waals surface area contributed by atoms with Crippen molar-refractivity contribution in [2.24, 2.45) is 5.73 Å². The Kier molecular flexibility index (Phi) is 7.89. The van der Waals surface area contributed by atoms with Crippen molar-refractivity contribution in [3.63, 3.8) is 0 Å². The Balaban J connectivity index is 0.00000324. The molecule has 0 aliphatic carbocycles. The van der Waals surface area contributed by atoms with E-state index in [1.165, 1.54) is 11.9 Å². The van der Waals surface area contributed by atoms with Crippen LogP contribution in [0.3, 0.4) is 0 Å². The SMILES string of the molecule is Cc1cc(Nc2ncc(C#N)c(Nc3ccccc3C(N)=O)n2)ccc1N1CCN(C)CC1.Cl. The molecule has 1 amide bonds. The van der Waals surface area contributed by atoms with Crippen molar-refractivity contribution in [2.45, 2.75) is 6.92 Å². The molecule has 2 heterocycles. The number of nitrogens with two attached hydrogens (primary N) is 1. The maximum Gasteiger partial charge on any atom is 0.250 e. The number of amides is 1. The molecule has 0 spiro atoms. The minimum Gasteiger partial charge on any atom is -0.369 e. The molecule has 0 saturated carbocycles. The number of aromatic nitrogens is 2. The Morgan fingerprint density at radius 2 is 1.85 bits per heavy atom. The van der Waals surface area contributed by atoms with Crippen LogP contribution < -0.4 is 21.3 Å². The molecule has 4 N–H and O–H groups in total. The van der Waals surface area contributed by atoms with E-state index >= 15 is 0 Å². The van der Waals surface area contributed by atoms with Gasteiger partial charge in [0.2, 0.25) is 5.95 Å². The van der Waals surface area contributed by atoms with E-state index in [0.29, 0.717) is 17.2 Å². The lowest BCUT2D eigenvalue weighted by molar-refractivity contribution is 0.100. The second-order valence-corrected chi connectivity index (χ2v) is 8.02. The van der Waals surface area contributed by atoms with Gasteiger partial charge in [-0.05, 0) is 49.9 Å². The molecule has 0 bridgehead atoms. The van der Waals surface area contributed by atoms with Crippen LogP contribution in [-0.2, 0) is 0 Å². The molecular formula is C24H27ClN8O. The number of hydrogen-bond donors (Lipinski definition) is 3. The summed E-state index contributed by atoms with van der Waals surface area (Å²) in [5.41, 5.74) is 9.72. The monoisotopic (exact) mass is 478 g/mol. The smallest absolute Gasteiger partial charge is 0.250 e. The standard InChI is InChI=1S/C24H26N8O.ClH/c1-16-13-18(7-8-21(16)32-11-9-31(2)10-12-32)28-24-27-15-17(14-25)23(30-24)29-20-6-4-3-5-19(20)22(26)33;/h3-8,13,15H,9-12H2,1-2H3,(H2,26,33)(H2,27,28,29,30);1H. The lowest BCUT2D eigenvalue weighted by atomic mass is 10.1. The van der Waals surface area contributed by atoms with Crippen molar-refractivity contribution < 1.29 is 4.79 Å². The fourth-order valence-corrected chi connectivity index (χ4v) is 3.82. The highest BCUT2D eigenvalue weighted by Gasteiger charge is 2.16. The van der Waals surface area contributed by atoms with E-state index in [1.807, 2.05) is 6.07 Å². The number of hydrogen-bond acceptors (Lipinski definition) is 8. The molecule has 176 valence electrons. The van der Waals surface area contributed by atoms with Gasteiger partial charge in [0.25, 0.3) is 5.91 Å². The molecule has 10 heteroatoms. The molecular weight excluding hydrogens is 452 g/mol. The number of nitrogens with one attached hydrogen (secondary N) is 2. The summed E-state index contributed by atoms with van der Waals surface area (Å²) in [4.78, 5) is 25.2. The fourth-order valence-electron chi connectivity index (χ4n) is 3.82. The number of rotatable bonds is 6. The molecule has 3 aromatic rings. The number of piperazine rings is 1. The first-order valence-corrected chi connectivity index (χ1v) is 10.7. The van der Waals surface area contributed by atoms with E-state index in [0.717, 1.165) is 37.4 Å². The van der Waals surface area contributed by atoms with Gasteiger partial charge in [0, 0.05) is 37.6 Å². The van der Waals surface area contributed by atoms with Crippen LogP contribution in [0, 0.1) is 18.3 Å². The van der Waals surface area contributed by atoms with Gasteiger partial charge in [-0.3, -0.25) is 4.79 Å². The van der Waals surface area contributed by atoms with Gasteiger partial charge in [-0.25, -0.2) is 4.98 Å². The molecule has 1 fully saturated rings. The Labute approximate surface area is 205 Å². The number of likely N-dealkylation sites (N-methyl/N-ethyl adjacent to an activating group) is 1. The van der Waals surface area contributed by atoms with Gasteiger partial charge in [-0.2, -0.15) is 10.2 Å². The van der Waals surface area contributed by atoms with Crippen molar-refractivity contribution in [2.75, 3.05) is 48.8 Å². The highest BCUT2D eigenvalue weighted by molar-refractivity contribution is 5.99. The zero-order valence-electron chi connectivity index (χ0n) is 19.1. The van der Waals surface area contributed by atoms with E-state index in [9.17, 15) is 10.1 Å². The summed E-state index contributed by atoms with van der Waals surface area (Å²) in [5, 5.41) is 15.7. The van der Waals surface area contributed by atoms with E-state index in [4.69, 9.17) is 5.73 Å². The fraction of sp³-hybridized carbons (Fsp3) is 0.250. The topological polar surface area (TPSA) is 123 Å². The van der Waals surface area contributed by atoms with Crippen LogP contribution in [0.5, 0.6) is 0 Å². The molecule has 0 radical (unpaired) electrons. The van der Waals surface area contributed by atoms with Crippen LogP contribution >= 0.6 is 12.4 Å². The van der Waals surface area contributed by atoms with Crippen LogP contribution in [0.15, 0.2) is 48.7 Å². The zero-order chi connectivity index (χ0) is 23.4. The molecule has 1 saturated heterocycles. The normalized spacial score (nSPS) is 13.5. The van der Waals surface area contributed by atoms with Crippen molar-refractivity contribution in [3.8, 4) is 6.07 Å². The second-order valence-electron chi connectivity index (χ2n) is 8.02. The van der Waals surface area contributed by atoms with Crippen LogP contribution in [-0.4, -0.2) is 54.0 Å². The highest BCUT2D eigenvalue weighted by Crippen LogP contribution is 2.27. The van der Waals surface area contributed by atoms with Gasteiger partial charge in [0.1, 0.15) is 11.6 Å².